The molecule has 0 saturated heterocycles. The highest BCUT2D eigenvalue weighted by molar-refractivity contribution is 5.79. The molecule has 1 saturated carbocycles. The van der Waals surface area contributed by atoms with E-state index in [-0.39, 0.29) is 47.9 Å². The predicted molar refractivity (Wildman–Crippen MR) is 153 cm³/mol. The third-order valence-corrected chi connectivity index (χ3v) is 8.24. The minimum Gasteiger partial charge on any atom is -0.484 e. The van der Waals surface area contributed by atoms with E-state index in [1.54, 1.807) is 0 Å². The minimum atomic E-state index is -0.180. The fourth-order valence-electron chi connectivity index (χ4n) is 4.68. The van der Waals surface area contributed by atoms with Crippen LogP contribution in [-0.4, -0.2) is 37.1 Å². The van der Waals surface area contributed by atoms with Crippen molar-refractivity contribution in [2.45, 2.75) is 103 Å². The molecule has 2 aromatic carbocycles. The van der Waals surface area contributed by atoms with Gasteiger partial charge in [0, 0.05) is 12.1 Å². The summed E-state index contributed by atoms with van der Waals surface area (Å²) < 4.78 is 11.5. The number of hydrogen-bond acceptors (Lipinski definition) is 4. The monoisotopic (exact) mass is 522 g/mol. The van der Waals surface area contributed by atoms with Crippen molar-refractivity contribution in [3.8, 4) is 11.5 Å². The fourth-order valence-corrected chi connectivity index (χ4v) is 4.68. The lowest BCUT2D eigenvalue weighted by atomic mass is 9.82. The van der Waals surface area contributed by atoms with Crippen LogP contribution in [0.4, 0.5) is 0 Å². The van der Waals surface area contributed by atoms with Gasteiger partial charge < -0.3 is 20.1 Å². The van der Waals surface area contributed by atoms with Crippen molar-refractivity contribution in [1.29, 1.82) is 0 Å². The van der Waals surface area contributed by atoms with E-state index in [9.17, 15) is 9.59 Å². The van der Waals surface area contributed by atoms with E-state index in [1.807, 2.05) is 24.3 Å². The third kappa shape index (κ3) is 8.24. The molecular formula is C32H46N2O4. The first-order valence-corrected chi connectivity index (χ1v) is 14.1. The van der Waals surface area contributed by atoms with Crippen LogP contribution >= 0.6 is 0 Å². The Morgan fingerprint density at radius 3 is 1.34 bits per heavy atom. The molecule has 0 heterocycles. The average molecular weight is 523 g/mol. The summed E-state index contributed by atoms with van der Waals surface area (Å²) in [5.74, 6) is 0.987. The molecule has 1 aliphatic rings. The second-order valence-corrected chi connectivity index (χ2v) is 11.7. The first kappa shape index (κ1) is 29.5. The molecule has 2 atom stereocenters. The molecule has 1 fully saturated rings. The Hall–Kier alpha value is -3.02. The Morgan fingerprint density at radius 1 is 0.684 bits per heavy atom. The average Bonchev–Trinajstić information content (AvgIpc) is 2.92. The van der Waals surface area contributed by atoms with Gasteiger partial charge in [0.25, 0.3) is 11.8 Å². The first-order chi connectivity index (χ1) is 18.0. The molecule has 0 spiro atoms. The fraction of sp³-hybridized carbons (Fsp3) is 0.562. The summed E-state index contributed by atoms with van der Waals surface area (Å²) in [6.07, 6.45) is 5.78. The molecular weight excluding hydrogens is 476 g/mol. The zero-order chi connectivity index (χ0) is 27.8. The van der Waals surface area contributed by atoms with E-state index in [4.69, 9.17) is 9.47 Å². The van der Waals surface area contributed by atoms with Crippen molar-refractivity contribution < 1.29 is 19.1 Å². The van der Waals surface area contributed by atoms with Gasteiger partial charge in [-0.3, -0.25) is 9.59 Å². The topological polar surface area (TPSA) is 76.7 Å². The third-order valence-electron chi connectivity index (χ3n) is 8.24. The summed E-state index contributed by atoms with van der Waals surface area (Å²) >= 11 is 0. The SMILES string of the molecule is CCC(C)(C)c1ccc(OCC(=O)NC2CCCCC2NC(=O)COc2ccc(C(C)(C)CC)cc2)cc1. The first-order valence-electron chi connectivity index (χ1n) is 14.1. The van der Waals surface area contributed by atoms with Gasteiger partial charge >= 0.3 is 0 Å². The number of benzene rings is 2. The van der Waals surface area contributed by atoms with Gasteiger partial charge in [0.2, 0.25) is 0 Å². The van der Waals surface area contributed by atoms with E-state index in [2.05, 4.69) is 76.4 Å². The summed E-state index contributed by atoms with van der Waals surface area (Å²) in [7, 11) is 0. The lowest BCUT2D eigenvalue weighted by Crippen LogP contribution is -2.54. The lowest BCUT2D eigenvalue weighted by molar-refractivity contribution is -0.127. The quantitative estimate of drug-likeness (QED) is 0.355. The minimum absolute atomic E-state index is 0.0539. The van der Waals surface area contributed by atoms with Crippen LogP contribution < -0.4 is 20.1 Å². The van der Waals surface area contributed by atoms with Crippen LogP contribution in [-0.2, 0) is 20.4 Å². The van der Waals surface area contributed by atoms with Gasteiger partial charge in [-0.25, -0.2) is 0 Å². The second-order valence-electron chi connectivity index (χ2n) is 11.7. The summed E-state index contributed by atoms with van der Waals surface area (Å²) in [5, 5.41) is 6.14. The Morgan fingerprint density at radius 2 is 1.03 bits per heavy atom. The standard InChI is InChI=1S/C32H46N2O4/c1-7-31(3,4)23-13-17-25(18-14-23)37-21-29(35)33-27-11-9-10-12-28(27)34-30(36)22-38-26-19-15-24(16-20-26)32(5,6)8-2/h13-20,27-28H,7-12,21-22H2,1-6H3,(H,33,35)(H,34,36). The molecule has 0 aliphatic heterocycles. The van der Waals surface area contributed by atoms with Crippen LogP contribution in [0.15, 0.2) is 48.5 Å². The highest BCUT2D eigenvalue weighted by Crippen LogP contribution is 2.29. The largest absolute Gasteiger partial charge is 0.484 e. The smallest absolute Gasteiger partial charge is 0.258 e. The number of hydrogen-bond donors (Lipinski definition) is 2. The van der Waals surface area contributed by atoms with Crippen molar-refractivity contribution in [1.82, 2.24) is 10.6 Å². The molecule has 6 heteroatoms. The normalized spacial score (nSPS) is 17.9. The molecule has 0 aromatic heterocycles. The Bertz CT molecular complexity index is 959. The summed E-state index contributed by atoms with van der Waals surface area (Å²) in [4.78, 5) is 25.3. The molecule has 3 rings (SSSR count). The maximum atomic E-state index is 12.6. The van der Waals surface area contributed by atoms with E-state index < -0.39 is 0 Å². The summed E-state index contributed by atoms with van der Waals surface area (Å²) in [6, 6.07) is 15.7. The zero-order valence-corrected chi connectivity index (χ0v) is 24.1. The van der Waals surface area contributed by atoms with Gasteiger partial charge in [0.15, 0.2) is 13.2 Å². The van der Waals surface area contributed by atoms with Gasteiger partial charge in [0.05, 0.1) is 0 Å². The van der Waals surface area contributed by atoms with Crippen molar-refractivity contribution in [3.63, 3.8) is 0 Å². The molecule has 2 unspecified atom stereocenters. The number of amides is 2. The van der Waals surface area contributed by atoms with Gasteiger partial charge in [-0.05, 0) is 71.9 Å². The molecule has 208 valence electrons. The lowest BCUT2D eigenvalue weighted by Gasteiger charge is -2.32. The highest BCUT2D eigenvalue weighted by atomic mass is 16.5. The number of nitrogens with one attached hydrogen (secondary N) is 2. The van der Waals surface area contributed by atoms with Crippen LogP contribution in [0.1, 0.15) is 91.2 Å². The van der Waals surface area contributed by atoms with Gasteiger partial charge in [-0.1, -0.05) is 78.6 Å². The maximum absolute atomic E-state index is 12.6. The van der Waals surface area contributed by atoms with Crippen molar-refractivity contribution >= 4 is 11.8 Å². The maximum Gasteiger partial charge on any atom is 0.258 e. The Balaban J connectivity index is 1.46. The van der Waals surface area contributed by atoms with Gasteiger partial charge in [-0.2, -0.15) is 0 Å². The molecule has 2 N–H and O–H groups in total. The van der Waals surface area contributed by atoms with E-state index in [0.29, 0.717) is 11.5 Å². The van der Waals surface area contributed by atoms with Crippen LogP contribution in [0.3, 0.4) is 0 Å². The van der Waals surface area contributed by atoms with E-state index >= 15 is 0 Å². The number of ether oxygens (including phenoxy) is 2. The number of rotatable bonds is 12. The molecule has 2 amide bonds. The second kappa shape index (κ2) is 13.2. The van der Waals surface area contributed by atoms with Crippen LogP contribution in [0.2, 0.25) is 0 Å². The summed E-state index contributed by atoms with van der Waals surface area (Å²) in [5.41, 5.74) is 2.72. The molecule has 2 aromatic rings. The molecule has 38 heavy (non-hydrogen) atoms. The zero-order valence-electron chi connectivity index (χ0n) is 24.1. The van der Waals surface area contributed by atoms with Crippen molar-refractivity contribution in [2.24, 2.45) is 0 Å². The number of carbonyl (C=O) groups is 2. The molecule has 0 radical (unpaired) electrons. The highest BCUT2D eigenvalue weighted by Gasteiger charge is 2.28. The molecule has 6 nitrogen and oxygen atoms in total. The van der Waals surface area contributed by atoms with Crippen LogP contribution in [0, 0.1) is 0 Å². The van der Waals surface area contributed by atoms with Crippen molar-refractivity contribution in [2.75, 3.05) is 13.2 Å². The Labute approximate surface area is 228 Å². The predicted octanol–water partition coefficient (Wildman–Crippen LogP) is 6.06. The van der Waals surface area contributed by atoms with E-state index in [0.717, 1.165) is 38.5 Å². The molecule has 1 aliphatic carbocycles. The number of carbonyl (C=O) groups excluding carboxylic acids is 2. The van der Waals surface area contributed by atoms with Crippen LogP contribution in [0.5, 0.6) is 11.5 Å². The van der Waals surface area contributed by atoms with Gasteiger partial charge in [-0.15, -0.1) is 0 Å². The van der Waals surface area contributed by atoms with E-state index in [1.165, 1.54) is 11.1 Å². The molecule has 0 bridgehead atoms. The van der Waals surface area contributed by atoms with Crippen molar-refractivity contribution in [3.05, 3.63) is 59.7 Å². The Kier molecular flexibility index (Phi) is 10.2. The summed E-state index contributed by atoms with van der Waals surface area (Å²) in [6.45, 7) is 13.1. The van der Waals surface area contributed by atoms with Crippen LogP contribution in [0.25, 0.3) is 0 Å². The van der Waals surface area contributed by atoms with Gasteiger partial charge in [0.1, 0.15) is 11.5 Å².